The van der Waals surface area contributed by atoms with Crippen LogP contribution in [0.25, 0.3) is 11.6 Å². The lowest BCUT2D eigenvalue weighted by molar-refractivity contribution is -0.119. The summed E-state index contributed by atoms with van der Waals surface area (Å²) in [6.45, 7) is 7.63. The Kier molecular flexibility index (Phi) is 7.20. The molecular formula is C18H23N3O4S. The molecule has 0 aromatic carbocycles. The van der Waals surface area contributed by atoms with Gasteiger partial charge in [-0.1, -0.05) is 18.7 Å². The molecule has 0 aliphatic carbocycles. The Bertz CT molecular complexity index is 762. The molecule has 2 aromatic heterocycles. The molecule has 0 bridgehead atoms. The largest absolute Gasteiger partial charge is 0.462 e. The number of esters is 1. The van der Waals surface area contributed by atoms with E-state index >= 15 is 0 Å². The smallest absolute Gasteiger partial charge is 0.342 e. The van der Waals surface area contributed by atoms with Crippen molar-refractivity contribution in [2.75, 3.05) is 12.4 Å². The Hall–Kier alpha value is -2.35. The van der Waals surface area contributed by atoms with Gasteiger partial charge in [0.1, 0.15) is 10.6 Å². The van der Waals surface area contributed by atoms with E-state index in [1.54, 1.807) is 26.0 Å². The van der Waals surface area contributed by atoms with Crippen LogP contribution in [0.1, 0.15) is 43.2 Å². The van der Waals surface area contributed by atoms with Crippen LogP contribution in [0.2, 0.25) is 0 Å². The maximum absolute atomic E-state index is 12.3. The standard InChI is InChI=1S/C18H23N3O4S/c1-5-11(3)19-14(22)10-26-17-15(18(23)24-6-2)12(4)20-16(21-17)13-8-7-9-25-13/h7-9,11H,5-6,10H2,1-4H3,(H,19,22)/t11-/m1/s1. The van der Waals surface area contributed by atoms with Gasteiger partial charge in [0, 0.05) is 6.04 Å². The van der Waals surface area contributed by atoms with Gasteiger partial charge >= 0.3 is 5.97 Å². The molecule has 140 valence electrons. The van der Waals surface area contributed by atoms with E-state index in [9.17, 15) is 9.59 Å². The van der Waals surface area contributed by atoms with E-state index in [-0.39, 0.29) is 29.9 Å². The van der Waals surface area contributed by atoms with E-state index in [1.807, 2.05) is 13.8 Å². The fourth-order valence-corrected chi connectivity index (χ4v) is 3.04. The van der Waals surface area contributed by atoms with Gasteiger partial charge in [-0.15, -0.1) is 0 Å². The highest BCUT2D eigenvalue weighted by Crippen LogP contribution is 2.27. The maximum atomic E-state index is 12.3. The monoisotopic (exact) mass is 377 g/mol. The zero-order valence-electron chi connectivity index (χ0n) is 15.4. The van der Waals surface area contributed by atoms with Crippen LogP contribution in [-0.4, -0.2) is 40.2 Å². The highest BCUT2D eigenvalue weighted by Gasteiger charge is 2.22. The molecule has 2 heterocycles. The van der Waals surface area contributed by atoms with Crippen LogP contribution >= 0.6 is 11.8 Å². The van der Waals surface area contributed by atoms with Gasteiger partial charge in [-0.05, 0) is 39.3 Å². The number of ether oxygens (including phenoxy) is 1. The third-order valence-electron chi connectivity index (χ3n) is 3.64. The number of carbonyl (C=O) groups excluding carboxylic acids is 2. The van der Waals surface area contributed by atoms with Gasteiger partial charge in [-0.3, -0.25) is 4.79 Å². The third-order valence-corrected chi connectivity index (χ3v) is 4.61. The van der Waals surface area contributed by atoms with Crippen LogP contribution in [0.4, 0.5) is 0 Å². The Morgan fingerprint density at radius 2 is 2.12 bits per heavy atom. The number of aryl methyl sites for hydroxylation is 1. The molecule has 0 saturated carbocycles. The summed E-state index contributed by atoms with van der Waals surface area (Å²) in [5.41, 5.74) is 0.762. The van der Waals surface area contributed by atoms with Crippen molar-refractivity contribution >= 4 is 23.6 Å². The minimum absolute atomic E-state index is 0.0958. The first kappa shape index (κ1) is 20.0. The number of amides is 1. The number of rotatable bonds is 8. The average Bonchev–Trinajstić information content (AvgIpc) is 3.14. The summed E-state index contributed by atoms with van der Waals surface area (Å²) in [5.74, 6) is 0.390. The van der Waals surface area contributed by atoms with E-state index in [0.29, 0.717) is 22.3 Å². The highest BCUT2D eigenvalue weighted by atomic mass is 32.2. The van der Waals surface area contributed by atoms with Crippen molar-refractivity contribution in [3.63, 3.8) is 0 Å². The molecular weight excluding hydrogens is 354 g/mol. The lowest BCUT2D eigenvalue weighted by Gasteiger charge is -2.13. The quantitative estimate of drug-likeness (QED) is 0.429. The van der Waals surface area contributed by atoms with E-state index in [2.05, 4.69) is 15.3 Å². The molecule has 0 spiro atoms. The van der Waals surface area contributed by atoms with E-state index in [1.165, 1.54) is 18.0 Å². The van der Waals surface area contributed by atoms with Gasteiger partial charge in [-0.2, -0.15) is 0 Å². The lowest BCUT2D eigenvalue weighted by atomic mass is 10.2. The number of nitrogens with zero attached hydrogens (tertiary/aromatic N) is 2. The molecule has 2 rings (SSSR count). The molecule has 1 atom stereocenters. The number of furan rings is 1. The molecule has 0 aliphatic rings. The second-order valence-corrected chi connectivity index (χ2v) is 6.64. The number of carbonyl (C=O) groups is 2. The molecule has 0 saturated heterocycles. The van der Waals surface area contributed by atoms with Crippen molar-refractivity contribution < 1.29 is 18.7 Å². The first-order chi connectivity index (χ1) is 12.5. The molecule has 1 N–H and O–H groups in total. The summed E-state index contributed by atoms with van der Waals surface area (Å²) in [4.78, 5) is 33.2. The fourth-order valence-electron chi connectivity index (χ4n) is 2.16. The van der Waals surface area contributed by atoms with Gasteiger partial charge in [0.05, 0.1) is 24.3 Å². The van der Waals surface area contributed by atoms with Crippen LogP contribution in [0, 0.1) is 6.92 Å². The number of nitrogens with one attached hydrogen (secondary N) is 1. The zero-order chi connectivity index (χ0) is 19.1. The topological polar surface area (TPSA) is 94.3 Å². The second kappa shape index (κ2) is 9.38. The Morgan fingerprint density at radius 3 is 2.73 bits per heavy atom. The first-order valence-electron chi connectivity index (χ1n) is 8.48. The van der Waals surface area contributed by atoms with Crippen molar-refractivity contribution in [2.24, 2.45) is 0 Å². The molecule has 7 nitrogen and oxygen atoms in total. The SMILES string of the molecule is CCOC(=O)c1c(C)nc(-c2ccco2)nc1SCC(=O)N[C@H](C)CC. The van der Waals surface area contributed by atoms with Gasteiger partial charge < -0.3 is 14.5 Å². The van der Waals surface area contributed by atoms with E-state index in [4.69, 9.17) is 9.15 Å². The Balaban J connectivity index is 2.30. The lowest BCUT2D eigenvalue weighted by Crippen LogP contribution is -2.33. The minimum atomic E-state index is -0.499. The summed E-state index contributed by atoms with van der Waals surface area (Å²) >= 11 is 1.18. The number of hydrogen-bond donors (Lipinski definition) is 1. The summed E-state index contributed by atoms with van der Waals surface area (Å²) in [6, 6.07) is 3.57. The van der Waals surface area contributed by atoms with Crippen molar-refractivity contribution in [3.05, 3.63) is 29.7 Å². The Labute approximate surface area is 156 Å². The highest BCUT2D eigenvalue weighted by molar-refractivity contribution is 8.00. The molecule has 1 amide bonds. The van der Waals surface area contributed by atoms with E-state index < -0.39 is 5.97 Å². The van der Waals surface area contributed by atoms with Crippen LogP contribution in [0.3, 0.4) is 0 Å². The van der Waals surface area contributed by atoms with Gasteiger partial charge in [0.25, 0.3) is 0 Å². The van der Waals surface area contributed by atoms with Crippen LogP contribution in [0.15, 0.2) is 27.8 Å². The summed E-state index contributed by atoms with van der Waals surface area (Å²) in [5, 5.41) is 3.30. The molecule has 26 heavy (non-hydrogen) atoms. The zero-order valence-corrected chi connectivity index (χ0v) is 16.2. The molecule has 0 unspecified atom stereocenters. The van der Waals surface area contributed by atoms with Crippen molar-refractivity contribution in [1.82, 2.24) is 15.3 Å². The van der Waals surface area contributed by atoms with Crippen molar-refractivity contribution in [2.45, 2.75) is 45.2 Å². The first-order valence-corrected chi connectivity index (χ1v) is 9.46. The number of aromatic nitrogens is 2. The van der Waals surface area contributed by atoms with Gasteiger partial charge in [-0.25, -0.2) is 14.8 Å². The summed E-state index contributed by atoms with van der Waals surface area (Å²) in [6.07, 6.45) is 2.37. The molecule has 0 radical (unpaired) electrons. The minimum Gasteiger partial charge on any atom is -0.462 e. The predicted molar refractivity (Wildman–Crippen MR) is 99.0 cm³/mol. The van der Waals surface area contributed by atoms with Crippen LogP contribution in [-0.2, 0) is 9.53 Å². The number of thioether (sulfide) groups is 1. The predicted octanol–water partition coefficient (Wildman–Crippen LogP) is 3.23. The maximum Gasteiger partial charge on any atom is 0.342 e. The van der Waals surface area contributed by atoms with Crippen molar-refractivity contribution in [1.29, 1.82) is 0 Å². The molecule has 8 heteroatoms. The third kappa shape index (κ3) is 5.08. The van der Waals surface area contributed by atoms with Gasteiger partial charge in [0.2, 0.25) is 5.91 Å². The summed E-state index contributed by atoms with van der Waals surface area (Å²) < 4.78 is 10.5. The van der Waals surface area contributed by atoms with Crippen LogP contribution in [0.5, 0.6) is 0 Å². The molecule has 0 aliphatic heterocycles. The van der Waals surface area contributed by atoms with Crippen molar-refractivity contribution in [3.8, 4) is 11.6 Å². The fraction of sp³-hybridized carbons (Fsp3) is 0.444. The molecule has 0 fully saturated rings. The normalized spacial score (nSPS) is 11.8. The van der Waals surface area contributed by atoms with E-state index in [0.717, 1.165) is 6.42 Å². The van der Waals surface area contributed by atoms with Gasteiger partial charge in [0.15, 0.2) is 11.6 Å². The van der Waals surface area contributed by atoms with Crippen LogP contribution < -0.4 is 5.32 Å². The second-order valence-electron chi connectivity index (χ2n) is 5.68. The molecule has 2 aromatic rings. The number of hydrogen-bond acceptors (Lipinski definition) is 7. The average molecular weight is 377 g/mol. The summed E-state index contributed by atoms with van der Waals surface area (Å²) in [7, 11) is 0. The Morgan fingerprint density at radius 1 is 1.35 bits per heavy atom.